The first-order valence-electron chi connectivity index (χ1n) is 9.84. The van der Waals surface area contributed by atoms with Crippen molar-refractivity contribution in [3.63, 3.8) is 0 Å². The third-order valence-corrected chi connectivity index (χ3v) is 8.39. The van der Waals surface area contributed by atoms with Crippen molar-refractivity contribution < 1.29 is 18.1 Å². The van der Waals surface area contributed by atoms with Crippen molar-refractivity contribution in [2.75, 3.05) is 26.2 Å². The maximum atomic E-state index is 13.0. The summed E-state index contributed by atoms with van der Waals surface area (Å²) in [4.78, 5) is 26.8. The van der Waals surface area contributed by atoms with Gasteiger partial charge in [0.2, 0.25) is 10.0 Å². The number of nitrogens with zero attached hydrogens (tertiary/aromatic N) is 5. The Balaban J connectivity index is 1.43. The van der Waals surface area contributed by atoms with Crippen LogP contribution in [0.5, 0.6) is 0 Å². The minimum Gasteiger partial charge on any atom is -0.335 e. The molecule has 1 amide bonds. The highest BCUT2D eigenvalue weighted by Crippen LogP contribution is 2.28. The maximum absolute atomic E-state index is 13.0. The number of nitro benzene ring substituents is 1. The molecular formula is C20H21N5O5S2. The summed E-state index contributed by atoms with van der Waals surface area (Å²) >= 11 is 1.45. The predicted molar refractivity (Wildman–Crippen MR) is 119 cm³/mol. The van der Waals surface area contributed by atoms with Gasteiger partial charge in [0.1, 0.15) is 0 Å². The van der Waals surface area contributed by atoms with E-state index in [0.717, 1.165) is 9.75 Å². The van der Waals surface area contributed by atoms with Crippen molar-refractivity contribution in [2.45, 2.75) is 18.7 Å². The van der Waals surface area contributed by atoms with Crippen LogP contribution in [-0.2, 0) is 10.0 Å². The van der Waals surface area contributed by atoms with E-state index in [9.17, 15) is 23.3 Å². The Morgan fingerprint density at radius 3 is 2.31 bits per heavy atom. The van der Waals surface area contributed by atoms with Crippen LogP contribution in [-0.4, -0.2) is 64.4 Å². The fraction of sp³-hybridized carbons (Fsp3) is 0.300. The summed E-state index contributed by atoms with van der Waals surface area (Å²) in [6, 6.07) is 9.11. The van der Waals surface area contributed by atoms with Gasteiger partial charge in [0.15, 0.2) is 5.69 Å². The number of amides is 1. The van der Waals surface area contributed by atoms with Gasteiger partial charge in [-0.1, -0.05) is 0 Å². The quantitative estimate of drug-likeness (QED) is 0.413. The van der Waals surface area contributed by atoms with Gasteiger partial charge in [0.25, 0.3) is 11.6 Å². The second kappa shape index (κ2) is 8.45. The average molecular weight is 476 g/mol. The van der Waals surface area contributed by atoms with Crippen molar-refractivity contribution in [3.8, 4) is 5.69 Å². The first-order valence-corrected chi connectivity index (χ1v) is 12.1. The van der Waals surface area contributed by atoms with Crippen LogP contribution in [0.1, 0.15) is 20.2 Å². The molecule has 1 aliphatic rings. The SMILES string of the molecule is Cc1cc(S(=O)(=O)N2CCN(C(=O)c3ccn(-c4ccc([N+](=O)[O-])cc4)n3)CC2)c(C)s1. The van der Waals surface area contributed by atoms with Crippen LogP contribution in [0.2, 0.25) is 0 Å². The number of nitro groups is 1. The topological polar surface area (TPSA) is 119 Å². The lowest BCUT2D eigenvalue weighted by Gasteiger charge is -2.33. The largest absolute Gasteiger partial charge is 0.335 e. The second-order valence-electron chi connectivity index (χ2n) is 7.39. The fourth-order valence-electron chi connectivity index (χ4n) is 3.61. The van der Waals surface area contributed by atoms with Crippen LogP contribution in [0.15, 0.2) is 47.5 Å². The summed E-state index contributed by atoms with van der Waals surface area (Å²) in [6.07, 6.45) is 1.61. The van der Waals surface area contributed by atoms with Crippen molar-refractivity contribution in [1.29, 1.82) is 0 Å². The standard InChI is InChI=1S/C20H21N5O5S2/c1-14-13-19(15(2)31-14)32(29,30)23-11-9-22(10-12-23)20(26)18-7-8-24(21-18)16-3-5-17(6-4-16)25(27)28/h3-8,13H,9-12H2,1-2H3. The van der Waals surface area contributed by atoms with Crippen LogP contribution in [0.4, 0.5) is 5.69 Å². The number of aryl methyl sites for hydroxylation is 2. The van der Waals surface area contributed by atoms with E-state index in [-0.39, 0.29) is 43.5 Å². The Morgan fingerprint density at radius 1 is 1.09 bits per heavy atom. The Hall–Kier alpha value is -3.09. The van der Waals surface area contributed by atoms with E-state index < -0.39 is 14.9 Å². The van der Waals surface area contributed by atoms with Gasteiger partial charge < -0.3 is 4.90 Å². The van der Waals surface area contributed by atoms with Gasteiger partial charge in [-0.2, -0.15) is 9.40 Å². The first-order chi connectivity index (χ1) is 15.2. The molecule has 1 saturated heterocycles. The van der Waals surface area contributed by atoms with E-state index in [1.54, 1.807) is 42.3 Å². The molecule has 3 heterocycles. The monoisotopic (exact) mass is 475 g/mol. The van der Waals surface area contributed by atoms with E-state index >= 15 is 0 Å². The molecule has 1 aromatic carbocycles. The predicted octanol–water partition coefficient (Wildman–Crippen LogP) is 2.61. The summed E-state index contributed by atoms with van der Waals surface area (Å²) in [5.41, 5.74) is 0.786. The summed E-state index contributed by atoms with van der Waals surface area (Å²) < 4.78 is 28.8. The first kappa shape index (κ1) is 22.1. The second-order valence-corrected chi connectivity index (χ2v) is 10.8. The summed E-state index contributed by atoms with van der Waals surface area (Å²) in [6.45, 7) is 4.64. The number of hydrogen-bond donors (Lipinski definition) is 0. The zero-order chi connectivity index (χ0) is 23.0. The molecular weight excluding hydrogens is 454 g/mol. The Kier molecular flexibility index (Phi) is 5.84. The number of piperazine rings is 1. The molecule has 3 aromatic rings. The molecule has 1 aliphatic heterocycles. The van der Waals surface area contributed by atoms with Gasteiger partial charge in [-0.05, 0) is 38.1 Å². The van der Waals surface area contributed by atoms with Crippen molar-refractivity contribution >= 4 is 33.0 Å². The van der Waals surface area contributed by atoms with Gasteiger partial charge in [-0.25, -0.2) is 13.1 Å². The van der Waals surface area contributed by atoms with Gasteiger partial charge >= 0.3 is 0 Å². The minimum atomic E-state index is -3.59. The van der Waals surface area contributed by atoms with Gasteiger partial charge in [0.05, 0.1) is 15.5 Å². The smallest absolute Gasteiger partial charge is 0.274 e. The summed E-state index contributed by atoms with van der Waals surface area (Å²) in [5, 5.41) is 15.1. The highest BCUT2D eigenvalue weighted by molar-refractivity contribution is 7.89. The minimum absolute atomic E-state index is 0.0298. The van der Waals surface area contributed by atoms with Crippen molar-refractivity contribution in [3.05, 3.63) is 68.2 Å². The number of thiophene rings is 1. The third-order valence-electron chi connectivity index (χ3n) is 5.27. The molecule has 0 spiro atoms. The van der Waals surface area contributed by atoms with E-state index in [1.807, 2.05) is 6.92 Å². The van der Waals surface area contributed by atoms with Gasteiger partial charge in [-0.15, -0.1) is 11.3 Å². The fourth-order valence-corrected chi connectivity index (χ4v) is 6.55. The van der Waals surface area contributed by atoms with E-state index in [0.29, 0.717) is 10.6 Å². The molecule has 4 rings (SSSR count). The lowest BCUT2D eigenvalue weighted by molar-refractivity contribution is -0.384. The Morgan fingerprint density at radius 2 is 1.75 bits per heavy atom. The molecule has 0 bridgehead atoms. The highest BCUT2D eigenvalue weighted by Gasteiger charge is 2.32. The van der Waals surface area contributed by atoms with Gasteiger partial charge in [-0.3, -0.25) is 14.9 Å². The van der Waals surface area contributed by atoms with Gasteiger partial charge in [0, 0.05) is 54.3 Å². The van der Waals surface area contributed by atoms with Crippen LogP contribution < -0.4 is 0 Å². The molecule has 0 aliphatic carbocycles. The number of rotatable bonds is 5. The number of hydrogen-bond acceptors (Lipinski definition) is 7. The molecule has 1 fully saturated rings. The van der Waals surface area contributed by atoms with Crippen molar-refractivity contribution in [2.24, 2.45) is 0 Å². The number of benzene rings is 1. The zero-order valence-electron chi connectivity index (χ0n) is 17.5. The zero-order valence-corrected chi connectivity index (χ0v) is 19.1. The van der Waals surface area contributed by atoms with E-state index in [2.05, 4.69) is 5.10 Å². The maximum Gasteiger partial charge on any atom is 0.274 e. The van der Waals surface area contributed by atoms with Crippen molar-refractivity contribution in [1.82, 2.24) is 19.0 Å². The molecule has 0 unspecified atom stereocenters. The summed E-state index contributed by atoms with van der Waals surface area (Å²) in [7, 11) is -3.59. The number of carbonyl (C=O) groups is 1. The van der Waals surface area contributed by atoms with E-state index in [4.69, 9.17) is 0 Å². The number of sulfonamides is 1. The molecule has 0 atom stereocenters. The third kappa shape index (κ3) is 4.16. The molecule has 32 heavy (non-hydrogen) atoms. The highest BCUT2D eigenvalue weighted by atomic mass is 32.2. The Labute approximate surface area is 188 Å². The van der Waals surface area contributed by atoms with Crippen LogP contribution >= 0.6 is 11.3 Å². The molecule has 2 aromatic heterocycles. The lowest BCUT2D eigenvalue weighted by atomic mass is 10.3. The average Bonchev–Trinajstić information content (AvgIpc) is 3.40. The Bertz CT molecular complexity index is 1270. The number of aromatic nitrogens is 2. The molecule has 0 radical (unpaired) electrons. The molecule has 0 N–H and O–H groups in total. The molecule has 12 heteroatoms. The summed E-state index contributed by atoms with van der Waals surface area (Å²) in [5.74, 6) is -0.287. The number of non-ortho nitro benzene ring substituents is 1. The molecule has 10 nitrogen and oxygen atoms in total. The van der Waals surface area contributed by atoms with Crippen LogP contribution in [0.3, 0.4) is 0 Å². The number of carbonyl (C=O) groups excluding carboxylic acids is 1. The normalized spacial score (nSPS) is 15.1. The van der Waals surface area contributed by atoms with Crippen LogP contribution in [0, 0.1) is 24.0 Å². The molecule has 0 saturated carbocycles. The van der Waals surface area contributed by atoms with E-state index in [1.165, 1.54) is 32.5 Å². The van der Waals surface area contributed by atoms with Crippen LogP contribution in [0.25, 0.3) is 5.69 Å². The lowest BCUT2D eigenvalue weighted by Crippen LogP contribution is -2.50. The molecule has 168 valence electrons.